The molecule has 2 aromatic rings. The molecule has 1 aromatic heterocycles. The Labute approximate surface area is 167 Å². The maximum Gasteiger partial charge on any atom is 0.350 e. The quantitative estimate of drug-likeness (QED) is 0.555. The van der Waals surface area contributed by atoms with E-state index >= 15 is 8.78 Å². The highest BCUT2D eigenvalue weighted by Gasteiger charge is 2.45. The van der Waals surface area contributed by atoms with Crippen molar-refractivity contribution in [2.75, 3.05) is 24.0 Å². The summed E-state index contributed by atoms with van der Waals surface area (Å²) in [5.41, 5.74) is 0.953. The van der Waals surface area contributed by atoms with Gasteiger partial charge in [0.15, 0.2) is 0 Å². The molecule has 27 heavy (non-hydrogen) atoms. The van der Waals surface area contributed by atoms with Gasteiger partial charge in [0, 0.05) is 22.7 Å². The topological polar surface area (TPSA) is 33.2 Å². The summed E-state index contributed by atoms with van der Waals surface area (Å²) in [6, 6.07) is 9.07. The van der Waals surface area contributed by atoms with E-state index in [0.717, 1.165) is 10.6 Å². The van der Waals surface area contributed by atoms with Gasteiger partial charge in [0.25, 0.3) is 0 Å². The van der Waals surface area contributed by atoms with E-state index in [1.54, 1.807) is 6.07 Å². The van der Waals surface area contributed by atoms with Gasteiger partial charge in [-0.1, -0.05) is 44.2 Å². The Kier molecular flexibility index (Phi) is 7.28. The van der Waals surface area contributed by atoms with Crippen molar-refractivity contribution in [2.24, 2.45) is 5.92 Å². The number of aromatic nitrogens is 1. The normalized spacial score (nSPS) is 11.7. The highest BCUT2D eigenvalue weighted by molar-refractivity contribution is 7.99. The molecule has 0 aliphatic carbocycles. The molecule has 0 spiro atoms. The molecule has 0 fully saturated rings. The monoisotopic (exact) mass is 410 g/mol. The Bertz CT molecular complexity index is 773. The van der Waals surface area contributed by atoms with Gasteiger partial charge in [0.05, 0.1) is 5.69 Å². The number of aryl methyl sites for hydroxylation is 1. The molecule has 146 valence electrons. The van der Waals surface area contributed by atoms with Gasteiger partial charge in [-0.3, -0.25) is 4.79 Å². The van der Waals surface area contributed by atoms with Crippen LogP contribution in [0.25, 0.3) is 0 Å². The molecule has 0 saturated heterocycles. The van der Waals surface area contributed by atoms with Crippen molar-refractivity contribution < 1.29 is 13.6 Å². The minimum atomic E-state index is -3.62. The van der Waals surface area contributed by atoms with Crippen LogP contribution in [-0.2, 0) is 10.7 Å². The van der Waals surface area contributed by atoms with Gasteiger partial charge in [0.1, 0.15) is 5.03 Å². The SMILES string of the molecule is CSc1cc(C)nc(SC)c1N(CC(C)C)C(=O)C(F)(F)c1ccccc1. The molecule has 0 bridgehead atoms. The van der Waals surface area contributed by atoms with Crippen LogP contribution >= 0.6 is 23.5 Å². The fraction of sp³-hybridized carbons (Fsp3) is 0.400. The van der Waals surface area contributed by atoms with Crippen LogP contribution in [-0.4, -0.2) is 29.9 Å². The number of anilines is 1. The molecule has 1 heterocycles. The fourth-order valence-corrected chi connectivity index (χ4v) is 4.14. The minimum Gasteiger partial charge on any atom is -0.303 e. The third kappa shape index (κ3) is 4.82. The zero-order valence-electron chi connectivity index (χ0n) is 16.1. The number of carbonyl (C=O) groups excluding carboxylic acids is 1. The van der Waals surface area contributed by atoms with E-state index in [2.05, 4.69) is 4.98 Å². The largest absolute Gasteiger partial charge is 0.350 e. The lowest BCUT2D eigenvalue weighted by molar-refractivity contribution is -0.144. The molecule has 0 aliphatic heterocycles. The first-order chi connectivity index (χ1) is 12.7. The van der Waals surface area contributed by atoms with Crippen molar-refractivity contribution in [3.8, 4) is 0 Å². The molecule has 1 aromatic carbocycles. The standard InChI is InChI=1S/C20H24F2N2OS2/c1-13(2)12-24(17-16(26-4)11-14(3)23-18(17)27-5)19(25)20(21,22)15-9-7-6-8-10-15/h6-11,13H,12H2,1-5H3. The number of halogens is 2. The third-order valence-corrected chi connectivity index (χ3v) is 5.36. The first-order valence-corrected chi connectivity index (χ1v) is 11.0. The molecule has 7 heteroatoms. The molecule has 0 atom stereocenters. The third-order valence-electron chi connectivity index (χ3n) is 3.93. The Balaban J connectivity index is 2.61. The van der Waals surface area contributed by atoms with Crippen molar-refractivity contribution in [1.29, 1.82) is 0 Å². The number of hydrogen-bond donors (Lipinski definition) is 0. The van der Waals surface area contributed by atoms with Crippen molar-refractivity contribution in [1.82, 2.24) is 4.98 Å². The molecule has 0 aliphatic rings. The first-order valence-electron chi connectivity index (χ1n) is 8.57. The number of thioether (sulfide) groups is 2. The number of hydrogen-bond acceptors (Lipinski definition) is 4. The maximum absolute atomic E-state index is 15.1. The number of amides is 1. The molecular formula is C20H24F2N2OS2. The average Bonchev–Trinajstić information content (AvgIpc) is 2.65. The van der Waals surface area contributed by atoms with Crippen LogP contribution in [0.15, 0.2) is 46.3 Å². The molecule has 0 unspecified atom stereocenters. The summed E-state index contributed by atoms with van der Waals surface area (Å²) in [5, 5.41) is 0.581. The van der Waals surface area contributed by atoms with Gasteiger partial charge in [-0.2, -0.15) is 8.78 Å². The summed E-state index contributed by atoms with van der Waals surface area (Å²) in [6.07, 6.45) is 3.71. The number of alkyl halides is 2. The second kappa shape index (κ2) is 9.06. The first kappa shape index (κ1) is 21.7. The summed E-state index contributed by atoms with van der Waals surface area (Å²) in [4.78, 5) is 19.5. The van der Waals surface area contributed by atoms with Crippen molar-refractivity contribution in [3.63, 3.8) is 0 Å². The highest BCUT2D eigenvalue weighted by atomic mass is 32.2. The van der Waals surface area contributed by atoms with Crippen LogP contribution in [0.2, 0.25) is 0 Å². The molecular weight excluding hydrogens is 386 g/mol. The lowest BCUT2D eigenvalue weighted by atomic mass is 10.1. The Hall–Kier alpha value is -1.60. The molecule has 0 saturated carbocycles. The van der Waals surface area contributed by atoms with E-state index in [1.165, 1.54) is 52.7 Å². The summed E-state index contributed by atoms with van der Waals surface area (Å²) < 4.78 is 30.1. The smallest absolute Gasteiger partial charge is 0.303 e. The molecule has 1 amide bonds. The lowest BCUT2D eigenvalue weighted by Gasteiger charge is -2.31. The Morgan fingerprint density at radius 3 is 2.33 bits per heavy atom. The van der Waals surface area contributed by atoms with E-state index in [9.17, 15) is 4.79 Å². The van der Waals surface area contributed by atoms with E-state index in [-0.39, 0.29) is 18.0 Å². The molecule has 0 radical (unpaired) electrons. The number of benzene rings is 1. The van der Waals surface area contributed by atoms with Gasteiger partial charge in [-0.25, -0.2) is 4.98 Å². The predicted molar refractivity (Wildman–Crippen MR) is 110 cm³/mol. The van der Waals surface area contributed by atoms with Gasteiger partial charge in [-0.05, 0) is 31.4 Å². The number of carbonyl (C=O) groups is 1. The van der Waals surface area contributed by atoms with Crippen LogP contribution in [0.1, 0.15) is 25.1 Å². The lowest BCUT2D eigenvalue weighted by Crippen LogP contribution is -2.44. The second-order valence-electron chi connectivity index (χ2n) is 6.57. The average molecular weight is 411 g/mol. The second-order valence-corrected chi connectivity index (χ2v) is 8.22. The Morgan fingerprint density at radius 2 is 1.81 bits per heavy atom. The summed E-state index contributed by atoms with van der Waals surface area (Å²) in [5.74, 6) is -4.82. The van der Waals surface area contributed by atoms with Crippen LogP contribution in [0, 0.1) is 12.8 Å². The predicted octanol–water partition coefficient (Wildman–Crippen LogP) is 5.61. The van der Waals surface area contributed by atoms with E-state index in [0.29, 0.717) is 10.7 Å². The summed E-state index contributed by atoms with van der Waals surface area (Å²) in [7, 11) is 0. The van der Waals surface area contributed by atoms with Crippen LogP contribution < -0.4 is 4.90 Å². The van der Waals surface area contributed by atoms with Crippen molar-refractivity contribution >= 4 is 35.1 Å². The molecule has 0 N–H and O–H groups in total. The van der Waals surface area contributed by atoms with E-state index in [4.69, 9.17) is 0 Å². The fourth-order valence-electron chi connectivity index (χ4n) is 2.74. The number of rotatable bonds is 7. The number of nitrogens with zero attached hydrogens (tertiary/aromatic N) is 2. The molecule has 2 rings (SSSR count). The van der Waals surface area contributed by atoms with Gasteiger partial charge in [0.2, 0.25) is 0 Å². The minimum absolute atomic E-state index is 0.0197. The van der Waals surface area contributed by atoms with Crippen LogP contribution in [0.3, 0.4) is 0 Å². The van der Waals surface area contributed by atoms with Gasteiger partial charge < -0.3 is 4.90 Å². The van der Waals surface area contributed by atoms with Gasteiger partial charge >= 0.3 is 11.8 Å². The highest BCUT2D eigenvalue weighted by Crippen LogP contribution is 2.40. The van der Waals surface area contributed by atoms with Crippen LogP contribution in [0.5, 0.6) is 0 Å². The van der Waals surface area contributed by atoms with Crippen LogP contribution in [0.4, 0.5) is 14.5 Å². The maximum atomic E-state index is 15.1. The summed E-state index contributed by atoms with van der Waals surface area (Å²) >= 11 is 2.78. The number of pyridine rings is 1. The zero-order valence-corrected chi connectivity index (χ0v) is 17.8. The van der Waals surface area contributed by atoms with E-state index in [1.807, 2.05) is 39.3 Å². The molecule has 3 nitrogen and oxygen atoms in total. The van der Waals surface area contributed by atoms with Gasteiger partial charge in [-0.15, -0.1) is 23.5 Å². The zero-order chi connectivity index (χ0) is 20.2. The van der Waals surface area contributed by atoms with Crippen molar-refractivity contribution in [2.45, 2.75) is 36.6 Å². The summed E-state index contributed by atoms with van der Waals surface area (Å²) in [6.45, 7) is 5.85. The van der Waals surface area contributed by atoms with E-state index < -0.39 is 11.8 Å². The Morgan fingerprint density at radius 1 is 1.19 bits per heavy atom. The van der Waals surface area contributed by atoms with Crippen molar-refractivity contribution in [3.05, 3.63) is 47.7 Å².